The molecule has 14 heteroatoms. The van der Waals surface area contributed by atoms with Gasteiger partial charge in [0, 0.05) is 49.7 Å². The molecule has 0 unspecified atom stereocenters. The number of nitrogens with one attached hydrogen (secondary N) is 2. The number of carbonyl (C=O) groups is 1. The number of pyridine rings is 2. The van der Waals surface area contributed by atoms with Crippen LogP contribution >= 0.6 is 0 Å². The van der Waals surface area contributed by atoms with Crippen LogP contribution in [0.3, 0.4) is 0 Å². The molecule has 3 heterocycles. The van der Waals surface area contributed by atoms with E-state index >= 15 is 0 Å². The first-order chi connectivity index (χ1) is 18.4. The standard InChI is InChI=1S/C25H27F3N6O4S/c1-33(39(2,36)37)23-18(6-4-10-29-23)16-30-22-20(25(26,27)28)8-9-21(32-22)31-19-7-3-5-17(15-19)24(35)34-11-13-38-14-12-34/h3-10,15H,11-14,16H2,1-2H3,(H2,30,31,32). The van der Waals surface area contributed by atoms with Gasteiger partial charge in [0.25, 0.3) is 5.91 Å². The first-order valence-electron chi connectivity index (χ1n) is 11.9. The van der Waals surface area contributed by atoms with Crippen LogP contribution in [0.25, 0.3) is 0 Å². The van der Waals surface area contributed by atoms with Crippen molar-refractivity contribution in [3.05, 3.63) is 71.4 Å². The molecule has 0 spiro atoms. The number of benzene rings is 1. The van der Waals surface area contributed by atoms with Gasteiger partial charge in [-0.05, 0) is 36.4 Å². The largest absolute Gasteiger partial charge is 0.419 e. The summed E-state index contributed by atoms with van der Waals surface area (Å²) in [5.74, 6) is -0.431. The Kier molecular flexibility index (Phi) is 8.25. The Bertz CT molecular complexity index is 1450. The zero-order valence-corrected chi connectivity index (χ0v) is 22.0. The molecule has 0 saturated carbocycles. The summed E-state index contributed by atoms with van der Waals surface area (Å²) in [6.45, 7) is 1.70. The van der Waals surface area contributed by atoms with Crippen LogP contribution in [0.2, 0.25) is 0 Å². The number of aromatic nitrogens is 2. The van der Waals surface area contributed by atoms with Gasteiger partial charge < -0.3 is 20.3 Å². The van der Waals surface area contributed by atoms with Crippen molar-refractivity contribution in [3.8, 4) is 0 Å². The fraction of sp³-hybridized carbons (Fsp3) is 0.320. The number of ether oxygens (including phenoxy) is 1. The third-order valence-electron chi connectivity index (χ3n) is 5.99. The normalized spacial score (nSPS) is 14.1. The Hall–Kier alpha value is -3.91. The van der Waals surface area contributed by atoms with Crippen molar-refractivity contribution in [1.29, 1.82) is 0 Å². The van der Waals surface area contributed by atoms with Crippen molar-refractivity contribution in [3.63, 3.8) is 0 Å². The van der Waals surface area contributed by atoms with Crippen molar-refractivity contribution in [2.45, 2.75) is 12.7 Å². The van der Waals surface area contributed by atoms with E-state index in [2.05, 4.69) is 20.6 Å². The van der Waals surface area contributed by atoms with E-state index in [-0.39, 0.29) is 24.1 Å². The van der Waals surface area contributed by atoms with Crippen LogP contribution in [-0.4, -0.2) is 68.8 Å². The minimum absolute atomic E-state index is 0.0806. The third-order valence-corrected chi connectivity index (χ3v) is 7.16. The van der Waals surface area contributed by atoms with E-state index in [0.717, 1.165) is 16.6 Å². The van der Waals surface area contributed by atoms with E-state index in [1.54, 1.807) is 41.3 Å². The summed E-state index contributed by atoms with van der Waals surface area (Å²) in [5.41, 5.74) is 0.252. The predicted molar refractivity (Wildman–Crippen MR) is 140 cm³/mol. The lowest BCUT2D eigenvalue weighted by molar-refractivity contribution is -0.137. The molecule has 208 valence electrons. The molecular formula is C25H27F3N6O4S. The van der Waals surface area contributed by atoms with Crippen LogP contribution < -0.4 is 14.9 Å². The predicted octanol–water partition coefficient (Wildman–Crippen LogP) is 3.72. The maximum absolute atomic E-state index is 13.8. The van der Waals surface area contributed by atoms with E-state index < -0.39 is 27.6 Å². The van der Waals surface area contributed by atoms with Gasteiger partial charge in [-0.1, -0.05) is 12.1 Å². The van der Waals surface area contributed by atoms with Gasteiger partial charge in [0.15, 0.2) is 0 Å². The third kappa shape index (κ3) is 6.95. The number of rotatable bonds is 8. The number of hydrogen-bond donors (Lipinski definition) is 2. The van der Waals surface area contributed by atoms with Gasteiger partial charge in [-0.2, -0.15) is 13.2 Å². The molecule has 1 amide bonds. The molecule has 1 aliphatic rings. The first-order valence-corrected chi connectivity index (χ1v) is 13.7. The summed E-state index contributed by atoms with van der Waals surface area (Å²) in [6.07, 6.45) is -2.30. The van der Waals surface area contributed by atoms with Gasteiger partial charge in [0.1, 0.15) is 17.5 Å². The summed E-state index contributed by atoms with van der Waals surface area (Å²) in [4.78, 5) is 22.7. The Labute approximate surface area is 223 Å². The van der Waals surface area contributed by atoms with Gasteiger partial charge in [-0.25, -0.2) is 18.4 Å². The van der Waals surface area contributed by atoms with Gasteiger partial charge in [-0.15, -0.1) is 0 Å². The Morgan fingerprint density at radius 3 is 2.56 bits per heavy atom. The lowest BCUT2D eigenvalue weighted by Gasteiger charge is -2.27. The van der Waals surface area contributed by atoms with E-state index in [4.69, 9.17) is 4.74 Å². The Morgan fingerprint density at radius 2 is 1.87 bits per heavy atom. The van der Waals surface area contributed by atoms with Gasteiger partial charge in [-0.3, -0.25) is 9.10 Å². The number of anilines is 4. The van der Waals surface area contributed by atoms with Crippen LogP contribution in [0.4, 0.5) is 36.3 Å². The quantitative estimate of drug-likeness (QED) is 0.425. The minimum Gasteiger partial charge on any atom is -0.378 e. The lowest BCUT2D eigenvalue weighted by atomic mass is 10.1. The van der Waals surface area contributed by atoms with E-state index in [1.165, 1.54) is 19.3 Å². The molecule has 4 rings (SSSR count). The fourth-order valence-electron chi connectivity index (χ4n) is 3.91. The van der Waals surface area contributed by atoms with Crippen LogP contribution in [0.5, 0.6) is 0 Å². The molecule has 10 nitrogen and oxygen atoms in total. The number of hydrogen-bond acceptors (Lipinski definition) is 8. The molecule has 0 aliphatic carbocycles. The lowest BCUT2D eigenvalue weighted by Crippen LogP contribution is -2.40. The number of carbonyl (C=O) groups excluding carboxylic acids is 1. The highest BCUT2D eigenvalue weighted by atomic mass is 32.2. The van der Waals surface area contributed by atoms with Gasteiger partial charge in [0.2, 0.25) is 10.0 Å². The summed E-state index contributed by atoms with van der Waals surface area (Å²) in [7, 11) is -2.34. The van der Waals surface area contributed by atoms with Crippen LogP contribution in [0.15, 0.2) is 54.7 Å². The molecule has 2 N–H and O–H groups in total. The molecule has 1 saturated heterocycles. The smallest absolute Gasteiger partial charge is 0.378 e. The van der Waals surface area contributed by atoms with E-state index in [0.29, 0.717) is 43.1 Å². The second-order valence-electron chi connectivity index (χ2n) is 8.77. The zero-order chi connectivity index (χ0) is 28.2. The van der Waals surface area contributed by atoms with Crippen molar-refractivity contribution in [2.75, 3.05) is 54.5 Å². The SMILES string of the molecule is CN(c1ncccc1CNc1nc(Nc2cccc(C(=O)N3CCOCC3)c2)ccc1C(F)(F)F)S(C)(=O)=O. The highest BCUT2D eigenvalue weighted by Gasteiger charge is 2.34. The van der Waals surface area contributed by atoms with Crippen LogP contribution in [0.1, 0.15) is 21.5 Å². The molecule has 1 aliphatic heterocycles. The Morgan fingerprint density at radius 1 is 1.13 bits per heavy atom. The molecular weight excluding hydrogens is 537 g/mol. The number of nitrogens with zero attached hydrogens (tertiary/aromatic N) is 4. The number of morpholine rings is 1. The highest BCUT2D eigenvalue weighted by molar-refractivity contribution is 7.92. The van der Waals surface area contributed by atoms with Crippen LogP contribution in [0, 0.1) is 0 Å². The molecule has 39 heavy (non-hydrogen) atoms. The second-order valence-corrected chi connectivity index (χ2v) is 10.8. The first kappa shape index (κ1) is 28.1. The summed E-state index contributed by atoms with van der Waals surface area (Å²) in [6, 6.07) is 11.8. The fourth-order valence-corrected chi connectivity index (χ4v) is 4.39. The molecule has 2 aromatic heterocycles. The second kappa shape index (κ2) is 11.5. The number of sulfonamides is 1. The van der Waals surface area contributed by atoms with E-state index in [9.17, 15) is 26.4 Å². The number of halogens is 3. The monoisotopic (exact) mass is 564 g/mol. The van der Waals surface area contributed by atoms with Gasteiger partial charge in [0.05, 0.1) is 25.0 Å². The van der Waals surface area contributed by atoms with E-state index in [1.807, 2.05) is 0 Å². The average Bonchev–Trinajstić information content (AvgIpc) is 2.91. The van der Waals surface area contributed by atoms with Crippen molar-refractivity contribution < 1.29 is 31.1 Å². The topological polar surface area (TPSA) is 117 Å². The van der Waals surface area contributed by atoms with Crippen molar-refractivity contribution in [1.82, 2.24) is 14.9 Å². The molecule has 0 radical (unpaired) electrons. The van der Waals surface area contributed by atoms with Crippen molar-refractivity contribution in [2.24, 2.45) is 0 Å². The zero-order valence-electron chi connectivity index (χ0n) is 21.2. The maximum atomic E-state index is 13.8. The summed E-state index contributed by atoms with van der Waals surface area (Å²) >= 11 is 0. The minimum atomic E-state index is -4.69. The average molecular weight is 565 g/mol. The summed E-state index contributed by atoms with van der Waals surface area (Å²) < 4.78 is 71.5. The number of alkyl halides is 3. The molecule has 0 bridgehead atoms. The van der Waals surface area contributed by atoms with Crippen molar-refractivity contribution >= 4 is 39.1 Å². The molecule has 1 aromatic carbocycles. The van der Waals surface area contributed by atoms with Gasteiger partial charge >= 0.3 is 6.18 Å². The Balaban J connectivity index is 1.57. The molecule has 3 aromatic rings. The molecule has 1 fully saturated rings. The summed E-state index contributed by atoms with van der Waals surface area (Å²) in [5, 5.41) is 5.63. The molecule has 0 atom stereocenters. The number of amides is 1. The maximum Gasteiger partial charge on any atom is 0.419 e. The van der Waals surface area contributed by atoms with Crippen LogP contribution in [-0.2, 0) is 27.5 Å². The highest BCUT2D eigenvalue weighted by Crippen LogP contribution is 2.35.